The molecular weight excluding hydrogens is 291 g/mol. The van der Waals surface area contributed by atoms with Crippen LogP contribution in [0.1, 0.15) is 44.1 Å². The van der Waals surface area contributed by atoms with Crippen molar-refractivity contribution in [2.75, 3.05) is 10.6 Å². The van der Waals surface area contributed by atoms with E-state index in [0.717, 1.165) is 11.4 Å². The number of benzene rings is 1. The molecule has 2 aromatic rings. The molecule has 1 aromatic carbocycles. The van der Waals surface area contributed by atoms with Crippen LogP contribution in [-0.2, 0) is 6.54 Å². The molecule has 3 rings (SSSR count). The van der Waals surface area contributed by atoms with Crippen molar-refractivity contribution in [2.24, 2.45) is 0 Å². The summed E-state index contributed by atoms with van der Waals surface area (Å²) in [4.78, 5) is 8.84. The third-order valence-electron chi connectivity index (χ3n) is 4.23. The van der Waals surface area contributed by atoms with Crippen LogP contribution in [0.2, 0.25) is 0 Å². The predicted octanol–water partition coefficient (Wildman–Crippen LogP) is 4.36. The van der Waals surface area contributed by atoms with Gasteiger partial charge in [-0.2, -0.15) is 4.98 Å². The molecule has 0 aliphatic heterocycles. The Morgan fingerprint density at radius 2 is 1.74 bits per heavy atom. The summed E-state index contributed by atoms with van der Waals surface area (Å²) in [6.07, 6.45) is 9.36. The first kappa shape index (κ1) is 15.7. The minimum atomic E-state index is -0.217. The minimum Gasteiger partial charge on any atom is -0.366 e. The molecule has 0 amide bonds. The molecule has 0 bridgehead atoms. The number of nitrogens with one attached hydrogen (secondary N) is 2. The number of halogens is 1. The number of hydrogen-bond donors (Lipinski definition) is 2. The summed E-state index contributed by atoms with van der Waals surface area (Å²) < 4.78 is 12.9. The maximum atomic E-state index is 12.9. The summed E-state index contributed by atoms with van der Waals surface area (Å²) in [6.45, 7) is 0.611. The summed E-state index contributed by atoms with van der Waals surface area (Å²) in [7, 11) is 0. The summed E-state index contributed by atoms with van der Waals surface area (Å²) >= 11 is 0. The van der Waals surface area contributed by atoms with Crippen LogP contribution in [-0.4, -0.2) is 16.0 Å². The van der Waals surface area contributed by atoms with Gasteiger partial charge in [0.1, 0.15) is 11.6 Å². The average Bonchev–Trinajstić information content (AvgIpc) is 2.83. The maximum absolute atomic E-state index is 12.9. The summed E-state index contributed by atoms with van der Waals surface area (Å²) in [5.74, 6) is 1.24. The van der Waals surface area contributed by atoms with Gasteiger partial charge in [0.05, 0.1) is 0 Å². The van der Waals surface area contributed by atoms with E-state index < -0.39 is 0 Å². The van der Waals surface area contributed by atoms with E-state index >= 15 is 0 Å². The van der Waals surface area contributed by atoms with Gasteiger partial charge in [-0.1, -0.05) is 37.8 Å². The van der Waals surface area contributed by atoms with Crippen molar-refractivity contribution in [3.8, 4) is 0 Å². The van der Waals surface area contributed by atoms with Crippen molar-refractivity contribution in [3.63, 3.8) is 0 Å². The number of aromatic nitrogens is 2. The molecular formula is C18H23FN4. The molecule has 0 spiro atoms. The van der Waals surface area contributed by atoms with Gasteiger partial charge in [-0.3, -0.25) is 0 Å². The Morgan fingerprint density at radius 1 is 1.00 bits per heavy atom. The first-order chi connectivity index (χ1) is 11.3. The summed E-state index contributed by atoms with van der Waals surface area (Å²) in [5.41, 5.74) is 1.02. The number of hydrogen-bond acceptors (Lipinski definition) is 4. The largest absolute Gasteiger partial charge is 0.366 e. The minimum absolute atomic E-state index is 0.217. The Hall–Kier alpha value is -2.17. The Labute approximate surface area is 136 Å². The summed E-state index contributed by atoms with van der Waals surface area (Å²) in [6, 6.07) is 8.81. The van der Waals surface area contributed by atoms with Crippen molar-refractivity contribution in [1.29, 1.82) is 0 Å². The van der Waals surface area contributed by atoms with Gasteiger partial charge >= 0.3 is 0 Å². The van der Waals surface area contributed by atoms with Gasteiger partial charge in [-0.25, -0.2) is 9.37 Å². The van der Waals surface area contributed by atoms with Crippen LogP contribution in [0.3, 0.4) is 0 Å². The van der Waals surface area contributed by atoms with Gasteiger partial charge in [0.2, 0.25) is 5.95 Å². The molecule has 1 aromatic heterocycles. The van der Waals surface area contributed by atoms with Crippen molar-refractivity contribution < 1.29 is 4.39 Å². The molecule has 0 saturated heterocycles. The third-order valence-corrected chi connectivity index (χ3v) is 4.23. The lowest BCUT2D eigenvalue weighted by Gasteiger charge is -2.16. The Morgan fingerprint density at radius 3 is 2.48 bits per heavy atom. The zero-order valence-corrected chi connectivity index (χ0v) is 13.3. The lowest BCUT2D eigenvalue weighted by Crippen LogP contribution is -2.20. The normalized spacial score (nSPS) is 15.9. The third kappa shape index (κ3) is 4.91. The molecule has 0 unspecified atom stereocenters. The quantitative estimate of drug-likeness (QED) is 0.805. The highest BCUT2D eigenvalue weighted by Crippen LogP contribution is 2.20. The average molecular weight is 314 g/mol. The highest BCUT2D eigenvalue weighted by atomic mass is 19.1. The second-order valence-corrected chi connectivity index (χ2v) is 6.08. The van der Waals surface area contributed by atoms with E-state index in [0.29, 0.717) is 18.5 Å². The molecule has 0 radical (unpaired) electrons. The fraction of sp³-hybridized carbons (Fsp3) is 0.444. The molecule has 1 aliphatic carbocycles. The SMILES string of the molecule is Fc1ccc(CNc2ccnc(NC3CCCCCC3)n2)cc1. The topological polar surface area (TPSA) is 49.8 Å². The van der Waals surface area contributed by atoms with E-state index in [1.54, 1.807) is 18.3 Å². The second-order valence-electron chi connectivity index (χ2n) is 6.08. The van der Waals surface area contributed by atoms with Crippen molar-refractivity contribution in [2.45, 2.75) is 51.1 Å². The molecule has 4 nitrogen and oxygen atoms in total. The fourth-order valence-electron chi connectivity index (χ4n) is 2.93. The van der Waals surface area contributed by atoms with Crippen molar-refractivity contribution >= 4 is 11.8 Å². The van der Waals surface area contributed by atoms with Crippen LogP contribution >= 0.6 is 0 Å². The molecule has 0 atom stereocenters. The van der Waals surface area contributed by atoms with Crippen LogP contribution in [0.15, 0.2) is 36.5 Å². The second kappa shape index (κ2) is 7.90. The van der Waals surface area contributed by atoms with Gasteiger partial charge in [-0.05, 0) is 36.6 Å². The lowest BCUT2D eigenvalue weighted by atomic mass is 10.1. The van der Waals surface area contributed by atoms with Crippen LogP contribution < -0.4 is 10.6 Å². The van der Waals surface area contributed by atoms with Crippen LogP contribution in [0, 0.1) is 5.82 Å². The molecule has 5 heteroatoms. The van der Waals surface area contributed by atoms with Gasteiger partial charge in [-0.15, -0.1) is 0 Å². The van der Waals surface area contributed by atoms with Crippen LogP contribution in [0.25, 0.3) is 0 Å². The van der Waals surface area contributed by atoms with Crippen molar-refractivity contribution in [3.05, 3.63) is 47.9 Å². The van der Waals surface area contributed by atoms with E-state index in [1.165, 1.54) is 50.7 Å². The lowest BCUT2D eigenvalue weighted by molar-refractivity contribution is 0.615. The van der Waals surface area contributed by atoms with Crippen LogP contribution in [0.4, 0.5) is 16.2 Å². The monoisotopic (exact) mass is 314 g/mol. The highest BCUT2D eigenvalue weighted by Gasteiger charge is 2.13. The zero-order chi connectivity index (χ0) is 15.9. The van der Waals surface area contributed by atoms with E-state index in [-0.39, 0.29) is 5.82 Å². The Kier molecular flexibility index (Phi) is 5.40. The first-order valence-corrected chi connectivity index (χ1v) is 8.37. The van der Waals surface area contributed by atoms with E-state index in [2.05, 4.69) is 20.6 Å². The number of nitrogens with zero attached hydrogens (tertiary/aromatic N) is 2. The fourth-order valence-corrected chi connectivity index (χ4v) is 2.93. The highest BCUT2D eigenvalue weighted by molar-refractivity contribution is 5.40. The standard InChI is InChI=1S/C18H23FN4/c19-15-9-7-14(8-10-15)13-21-17-11-12-20-18(23-17)22-16-5-3-1-2-4-6-16/h7-12,16H,1-6,13H2,(H2,20,21,22,23). The van der Waals surface area contributed by atoms with Crippen molar-refractivity contribution in [1.82, 2.24) is 9.97 Å². The molecule has 1 aliphatic rings. The molecule has 23 heavy (non-hydrogen) atoms. The molecule has 1 saturated carbocycles. The van der Waals surface area contributed by atoms with E-state index in [4.69, 9.17) is 0 Å². The predicted molar refractivity (Wildman–Crippen MR) is 90.9 cm³/mol. The maximum Gasteiger partial charge on any atom is 0.224 e. The Balaban J connectivity index is 1.57. The van der Waals surface area contributed by atoms with Gasteiger partial charge in [0.25, 0.3) is 0 Å². The Bertz CT molecular complexity index is 607. The van der Waals surface area contributed by atoms with Gasteiger partial charge in [0, 0.05) is 18.8 Å². The molecule has 122 valence electrons. The smallest absolute Gasteiger partial charge is 0.224 e. The molecule has 1 fully saturated rings. The first-order valence-electron chi connectivity index (χ1n) is 8.37. The molecule has 2 N–H and O–H groups in total. The van der Waals surface area contributed by atoms with E-state index in [9.17, 15) is 4.39 Å². The van der Waals surface area contributed by atoms with E-state index in [1.807, 2.05) is 6.07 Å². The number of anilines is 2. The summed E-state index contributed by atoms with van der Waals surface area (Å²) in [5, 5.41) is 6.71. The van der Waals surface area contributed by atoms with Gasteiger partial charge in [0.15, 0.2) is 0 Å². The van der Waals surface area contributed by atoms with Crippen LogP contribution in [0.5, 0.6) is 0 Å². The zero-order valence-electron chi connectivity index (χ0n) is 13.3. The molecule has 1 heterocycles. The number of rotatable bonds is 5. The van der Waals surface area contributed by atoms with Gasteiger partial charge < -0.3 is 10.6 Å².